The van der Waals surface area contributed by atoms with Crippen LogP contribution in [0, 0.1) is 6.92 Å². The second-order valence-corrected chi connectivity index (χ2v) is 6.31. The lowest BCUT2D eigenvalue weighted by Crippen LogP contribution is -2.47. The summed E-state index contributed by atoms with van der Waals surface area (Å²) in [5, 5.41) is 0. The van der Waals surface area contributed by atoms with Crippen LogP contribution in [0.3, 0.4) is 0 Å². The number of hydrogen-bond acceptors (Lipinski definition) is 2. The van der Waals surface area contributed by atoms with E-state index in [0.29, 0.717) is 18.1 Å². The van der Waals surface area contributed by atoms with E-state index >= 15 is 0 Å². The highest BCUT2D eigenvalue weighted by molar-refractivity contribution is 9.10. The van der Waals surface area contributed by atoms with Crippen molar-refractivity contribution in [1.82, 2.24) is 0 Å². The molecule has 17 heavy (non-hydrogen) atoms. The molecular formula is C14H19BrN2. The molecule has 0 aromatic heterocycles. The predicted octanol–water partition coefficient (Wildman–Crippen LogP) is 3.22. The van der Waals surface area contributed by atoms with E-state index < -0.39 is 0 Å². The molecule has 0 radical (unpaired) electrons. The summed E-state index contributed by atoms with van der Waals surface area (Å²) < 4.78 is 1.20. The molecule has 2 unspecified atom stereocenters. The van der Waals surface area contributed by atoms with E-state index in [1.165, 1.54) is 28.6 Å². The molecule has 2 bridgehead atoms. The molecule has 92 valence electrons. The number of benzene rings is 1. The van der Waals surface area contributed by atoms with Crippen molar-refractivity contribution < 1.29 is 0 Å². The lowest BCUT2D eigenvalue weighted by molar-refractivity contribution is 0.414. The third-order valence-corrected chi connectivity index (χ3v) is 5.10. The minimum absolute atomic E-state index is 0.417. The van der Waals surface area contributed by atoms with Crippen molar-refractivity contribution in [2.75, 3.05) is 4.90 Å². The highest BCUT2D eigenvalue weighted by atomic mass is 79.9. The molecule has 2 nitrogen and oxygen atoms in total. The Morgan fingerprint density at radius 1 is 1.24 bits per heavy atom. The number of halogens is 1. The standard InChI is InChI=1S/C14H19BrN2/c1-9-6-11(4-5-14(9)15)17-12-2-3-13(17)8-10(16)7-12/h4-6,10,12-13H,2-3,7-8,16H2,1H3. The van der Waals surface area contributed by atoms with Crippen LogP contribution in [0.1, 0.15) is 31.2 Å². The van der Waals surface area contributed by atoms with Crippen molar-refractivity contribution in [2.24, 2.45) is 5.73 Å². The summed E-state index contributed by atoms with van der Waals surface area (Å²) in [6.07, 6.45) is 4.94. The lowest BCUT2D eigenvalue weighted by atomic mass is 9.97. The normalized spacial score (nSPS) is 31.9. The van der Waals surface area contributed by atoms with Crippen LogP contribution >= 0.6 is 15.9 Å². The van der Waals surface area contributed by atoms with E-state index in [1.807, 2.05) is 0 Å². The van der Waals surface area contributed by atoms with E-state index in [4.69, 9.17) is 5.73 Å². The Bertz CT molecular complexity index is 418. The van der Waals surface area contributed by atoms with E-state index in [1.54, 1.807) is 0 Å². The van der Waals surface area contributed by atoms with Crippen LogP contribution in [0.5, 0.6) is 0 Å². The number of piperidine rings is 1. The molecule has 0 spiro atoms. The van der Waals surface area contributed by atoms with Gasteiger partial charge < -0.3 is 10.6 Å². The van der Waals surface area contributed by atoms with Crippen molar-refractivity contribution in [3.8, 4) is 0 Å². The van der Waals surface area contributed by atoms with Gasteiger partial charge in [0.05, 0.1) is 0 Å². The van der Waals surface area contributed by atoms with E-state index in [2.05, 4.69) is 46.0 Å². The van der Waals surface area contributed by atoms with E-state index in [-0.39, 0.29) is 0 Å². The van der Waals surface area contributed by atoms with Gasteiger partial charge in [-0.15, -0.1) is 0 Å². The quantitative estimate of drug-likeness (QED) is 0.862. The van der Waals surface area contributed by atoms with Crippen LogP contribution in [0.25, 0.3) is 0 Å². The third kappa shape index (κ3) is 2.00. The number of rotatable bonds is 1. The van der Waals surface area contributed by atoms with Crippen LogP contribution in [0.4, 0.5) is 5.69 Å². The van der Waals surface area contributed by atoms with Crippen LogP contribution in [0.2, 0.25) is 0 Å². The highest BCUT2D eigenvalue weighted by Gasteiger charge is 2.39. The van der Waals surface area contributed by atoms with Gasteiger partial charge in [-0.1, -0.05) is 15.9 Å². The molecule has 0 aliphatic carbocycles. The summed E-state index contributed by atoms with van der Waals surface area (Å²) in [5.41, 5.74) is 8.81. The molecule has 1 aromatic carbocycles. The third-order valence-electron chi connectivity index (χ3n) is 4.21. The molecule has 2 saturated heterocycles. The Hall–Kier alpha value is -0.540. The molecular weight excluding hydrogens is 276 g/mol. The number of fused-ring (bicyclic) bond motifs is 2. The maximum Gasteiger partial charge on any atom is 0.0374 e. The highest BCUT2D eigenvalue weighted by Crippen LogP contribution is 2.39. The van der Waals surface area contributed by atoms with Gasteiger partial charge in [0.1, 0.15) is 0 Å². The summed E-state index contributed by atoms with van der Waals surface area (Å²) in [6, 6.07) is 8.46. The molecule has 2 aliphatic rings. The fourth-order valence-corrected chi connectivity index (χ4v) is 3.68. The molecule has 1 aromatic rings. The summed E-state index contributed by atoms with van der Waals surface area (Å²) in [6.45, 7) is 2.16. The van der Waals surface area contributed by atoms with Gasteiger partial charge in [0.2, 0.25) is 0 Å². The molecule has 2 atom stereocenters. The molecule has 3 rings (SSSR count). The predicted molar refractivity (Wildman–Crippen MR) is 75.4 cm³/mol. The number of aryl methyl sites for hydroxylation is 1. The molecule has 2 heterocycles. The zero-order valence-corrected chi connectivity index (χ0v) is 11.8. The van der Waals surface area contributed by atoms with Gasteiger partial charge in [0, 0.05) is 28.3 Å². The average Bonchev–Trinajstić information content (AvgIpc) is 2.55. The zero-order chi connectivity index (χ0) is 12.0. The molecule has 3 heteroatoms. The van der Waals surface area contributed by atoms with E-state index in [9.17, 15) is 0 Å². The molecule has 0 saturated carbocycles. The van der Waals surface area contributed by atoms with Crippen molar-refractivity contribution in [3.63, 3.8) is 0 Å². The molecule has 2 aliphatic heterocycles. The summed E-state index contributed by atoms with van der Waals surface area (Å²) in [5.74, 6) is 0. The first-order valence-electron chi connectivity index (χ1n) is 6.45. The molecule has 2 N–H and O–H groups in total. The number of anilines is 1. The van der Waals surface area contributed by atoms with Gasteiger partial charge in [-0.3, -0.25) is 0 Å². The number of nitrogens with zero attached hydrogens (tertiary/aromatic N) is 1. The van der Waals surface area contributed by atoms with Gasteiger partial charge in [-0.2, -0.15) is 0 Å². The summed E-state index contributed by atoms with van der Waals surface area (Å²) >= 11 is 3.57. The van der Waals surface area contributed by atoms with Gasteiger partial charge >= 0.3 is 0 Å². The van der Waals surface area contributed by atoms with Crippen molar-refractivity contribution in [3.05, 3.63) is 28.2 Å². The molecule has 2 fully saturated rings. The second kappa shape index (κ2) is 4.29. The zero-order valence-electron chi connectivity index (χ0n) is 10.2. The first-order chi connectivity index (χ1) is 8.15. The topological polar surface area (TPSA) is 29.3 Å². The minimum Gasteiger partial charge on any atom is -0.365 e. The Balaban J connectivity index is 1.92. The average molecular weight is 295 g/mol. The molecule has 0 amide bonds. The van der Waals surface area contributed by atoms with Gasteiger partial charge in [-0.05, 0) is 56.4 Å². The summed E-state index contributed by atoms with van der Waals surface area (Å²) in [7, 11) is 0. The van der Waals surface area contributed by atoms with Crippen molar-refractivity contribution in [2.45, 2.75) is 50.7 Å². The van der Waals surface area contributed by atoms with Crippen molar-refractivity contribution >= 4 is 21.6 Å². The minimum atomic E-state index is 0.417. The number of nitrogens with two attached hydrogens (primary N) is 1. The summed E-state index contributed by atoms with van der Waals surface area (Å²) in [4.78, 5) is 2.61. The van der Waals surface area contributed by atoms with E-state index in [0.717, 1.165) is 12.8 Å². The monoisotopic (exact) mass is 294 g/mol. The maximum atomic E-state index is 6.12. The Kier molecular flexibility index (Phi) is 2.91. The second-order valence-electron chi connectivity index (χ2n) is 5.46. The first kappa shape index (κ1) is 11.5. The smallest absolute Gasteiger partial charge is 0.0374 e. The fourth-order valence-electron chi connectivity index (χ4n) is 3.43. The largest absolute Gasteiger partial charge is 0.365 e. The fraction of sp³-hybridized carbons (Fsp3) is 0.571. The van der Waals surface area contributed by atoms with Crippen LogP contribution in [-0.4, -0.2) is 18.1 Å². The SMILES string of the molecule is Cc1cc(N2C3CCC2CC(N)C3)ccc1Br. The van der Waals surface area contributed by atoms with Crippen LogP contribution < -0.4 is 10.6 Å². The van der Waals surface area contributed by atoms with Crippen LogP contribution in [-0.2, 0) is 0 Å². The van der Waals surface area contributed by atoms with Crippen LogP contribution in [0.15, 0.2) is 22.7 Å². The van der Waals surface area contributed by atoms with Gasteiger partial charge in [-0.25, -0.2) is 0 Å². The number of hydrogen-bond donors (Lipinski definition) is 1. The lowest BCUT2D eigenvalue weighted by Gasteiger charge is -2.39. The van der Waals surface area contributed by atoms with Gasteiger partial charge in [0.15, 0.2) is 0 Å². The Morgan fingerprint density at radius 3 is 2.47 bits per heavy atom. The Morgan fingerprint density at radius 2 is 1.88 bits per heavy atom. The first-order valence-corrected chi connectivity index (χ1v) is 7.24. The van der Waals surface area contributed by atoms with Crippen molar-refractivity contribution in [1.29, 1.82) is 0 Å². The Labute approximate surface area is 111 Å². The maximum absolute atomic E-state index is 6.12. The van der Waals surface area contributed by atoms with Gasteiger partial charge in [0.25, 0.3) is 0 Å².